The summed E-state index contributed by atoms with van der Waals surface area (Å²) >= 11 is 5.88. The molecule has 0 aliphatic heterocycles. The Balaban J connectivity index is 2.34. The quantitative estimate of drug-likeness (QED) is 0.888. The number of benzene rings is 1. The van der Waals surface area contributed by atoms with Gasteiger partial charge in [0.15, 0.2) is 0 Å². The van der Waals surface area contributed by atoms with Crippen LogP contribution in [-0.2, 0) is 13.2 Å². The van der Waals surface area contributed by atoms with Crippen LogP contribution in [0, 0.1) is 5.82 Å². The van der Waals surface area contributed by atoms with Gasteiger partial charge in [-0.05, 0) is 12.1 Å². The summed E-state index contributed by atoms with van der Waals surface area (Å²) in [6.07, 6.45) is 1.43. The molecule has 1 aromatic carbocycles. The average molecular weight is 242 g/mol. The van der Waals surface area contributed by atoms with Gasteiger partial charge in [-0.15, -0.1) is 5.10 Å². The zero-order chi connectivity index (χ0) is 11.5. The summed E-state index contributed by atoms with van der Waals surface area (Å²) < 4.78 is 14.9. The highest BCUT2D eigenvalue weighted by atomic mass is 35.5. The third kappa shape index (κ3) is 2.05. The molecule has 0 bridgehead atoms. The molecule has 1 N–H and O–H groups in total. The SMILES string of the molecule is OCc1cnnn1Cc1c(F)cccc1Cl. The summed E-state index contributed by atoms with van der Waals surface area (Å²) in [4.78, 5) is 0. The van der Waals surface area contributed by atoms with E-state index in [1.165, 1.54) is 23.0 Å². The molecular formula is C10H9ClFN3O. The van der Waals surface area contributed by atoms with E-state index in [4.69, 9.17) is 16.7 Å². The number of hydrogen-bond donors (Lipinski definition) is 1. The van der Waals surface area contributed by atoms with E-state index in [1.54, 1.807) is 6.07 Å². The highest BCUT2D eigenvalue weighted by Gasteiger charge is 2.10. The zero-order valence-electron chi connectivity index (χ0n) is 8.27. The van der Waals surface area contributed by atoms with Crippen molar-refractivity contribution in [2.45, 2.75) is 13.2 Å². The van der Waals surface area contributed by atoms with Crippen molar-refractivity contribution in [3.63, 3.8) is 0 Å². The lowest BCUT2D eigenvalue weighted by molar-refractivity contribution is 0.269. The Morgan fingerprint density at radius 3 is 2.94 bits per heavy atom. The standard InChI is InChI=1S/C10H9ClFN3O/c11-9-2-1-3-10(12)8(9)5-15-7(6-16)4-13-14-15/h1-4,16H,5-6H2. The Morgan fingerprint density at radius 2 is 2.25 bits per heavy atom. The van der Waals surface area contributed by atoms with E-state index < -0.39 is 5.82 Å². The molecule has 0 spiro atoms. The van der Waals surface area contributed by atoms with E-state index in [1.807, 2.05) is 0 Å². The van der Waals surface area contributed by atoms with Crippen LogP contribution in [0.15, 0.2) is 24.4 Å². The number of aromatic nitrogens is 3. The van der Waals surface area contributed by atoms with Crippen molar-refractivity contribution in [2.24, 2.45) is 0 Å². The number of nitrogens with zero attached hydrogens (tertiary/aromatic N) is 3. The number of aliphatic hydroxyl groups is 1. The van der Waals surface area contributed by atoms with Gasteiger partial charge in [0.25, 0.3) is 0 Å². The molecule has 2 aromatic rings. The molecule has 0 radical (unpaired) electrons. The van der Waals surface area contributed by atoms with Gasteiger partial charge in [0.1, 0.15) is 5.82 Å². The molecular weight excluding hydrogens is 233 g/mol. The van der Waals surface area contributed by atoms with Crippen LogP contribution in [0.5, 0.6) is 0 Å². The van der Waals surface area contributed by atoms with Gasteiger partial charge in [-0.1, -0.05) is 22.9 Å². The van der Waals surface area contributed by atoms with Crippen molar-refractivity contribution in [3.8, 4) is 0 Å². The maximum atomic E-state index is 13.5. The first-order valence-electron chi connectivity index (χ1n) is 4.63. The van der Waals surface area contributed by atoms with Gasteiger partial charge < -0.3 is 5.11 Å². The fraction of sp³-hybridized carbons (Fsp3) is 0.200. The number of hydrogen-bond acceptors (Lipinski definition) is 3. The van der Waals surface area contributed by atoms with Crippen LogP contribution in [0.25, 0.3) is 0 Å². The number of aliphatic hydroxyl groups excluding tert-OH is 1. The maximum Gasteiger partial charge on any atom is 0.129 e. The summed E-state index contributed by atoms with van der Waals surface area (Å²) in [5.74, 6) is -0.396. The Hall–Kier alpha value is -1.46. The second-order valence-corrected chi connectivity index (χ2v) is 3.65. The molecule has 0 amide bonds. The second kappa shape index (κ2) is 4.59. The van der Waals surface area contributed by atoms with E-state index in [-0.39, 0.29) is 13.2 Å². The van der Waals surface area contributed by atoms with Gasteiger partial charge in [0.05, 0.1) is 25.0 Å². The highest BCUT2D eigenvalue weighted by Crippen LogP contribution is 2.20. The van der Waals surface area contributed by atoms with Crippen LogP contribution in [-0.4, -0.2) is 20.1 Å². The normalized spacial score (nSPS) is 10.7. The van der Waals surface area contributed by atoms with Crippen molar-refractivity contribution >= 4 is 11.6 Å². The van der Waals surface area contributed by atoms with Crippen molar-refractivity contribution in [1.29, 1.82) is 0 Å². The van der Waals surface area contributed by atoms with Gasteiger partial charge in [0.2, 0.25) is 0 Å². The van der Waals surface area contributed by atoms with Crippen LogP contribution >= 0.6 is 11.6 Å². The summed E-state index contributed by atoms with van der Waals surface area (Å²) in [6.45, 7) is -0.0412. The zero-order valence-corrected chi connectivity index (χ0v) is 9.02. The van der Waals surface area contributed by atoms with Gasteiger partial charge >= 0.3 is 0 Å². The summed E-state index contributed by atoms with van der Waals surface area (Å²) in [5, 5.41) is 16.7. The molecule has 2 rings (SSSR count). The van der Waals surface area contributed by atoms with Gasteiger partial charge in [-0.25, -0.2) is 9.07 Å². The second-order valence-electron chi connectivity index (χ2n) is 3.24. The first-order valence-corrected chi connectivity index (χ1v) is 5.01. The van der Waals surface area contributed by atoms with Crippen molar-refractivity contribution in [3.05, 3.63) is 46.5 Å². The van der Waals surface area contributed by atoms with E-state index in [9.17, 15) is 4.39 Å². The molecule has 84 valence electrons. The lowest BCUT2D eigenvalue weighted by Crippen LogP contribution is -2.08. The minimum absolute atomic E-state index is 0.154. The van der Waals surface area contributed by atoms with Crippen molar-refractivity contribution in [1.82, 2.24) is 15.0 Å². The van der Waals surface area contributed by atoms with E-state index in [0.29, 0.717) is 16.3 Å². The molecule has 0 unspecified atom stereocenters. The lowest BCUT2D eigenvalue weighted by Gasteiger charge is -2.07. The highest BCUT2D eigenvalue weighted by molar-refractivity contribution is 6.31. The molecule has 0 saturated carbocycles. The third-order valence-electron chi connectivity index (χ3n) is 2.23. The fourth-order valence-corrected chi connectivity index (χ4v) is 1.59. The number of halogens is 2. The molecule has 0 atom stereocenters. The van der Waals surface area contributed by atoms with Crippen LogP contribution < -0.4 is 0 Å². The Morgan fingerprint density at radius 1 is 1.44 bits per heavy atom. The smallest absolute Gasteiger partial charge is 0.129 e. The first kappa shape index (κ1) is 11.0. The van der Waals surface area contributed by atoms with Gasteiger partial charge in [-0.3, -0.25) is 0 Å². The van der Waals surface area contributed by atoms with E-state index in [2.05, 4.69) is 10.3 Å². The van der Waals surface area contributed by atoms with Crippen LogP contribution in [0.3, 0.4) is 0 Å². The molecule has 16 heavy (non-hydrogen) atoms. The van der Waals surface area contributed by atoms with Crippen LogP contribution in [0.1, 0.15) is 11.3 Å². The Labute approximate surface area is 96.3 Å². The molecule has 0 fully saturated rings. The van der Waals surface area contributed by atoms with Gasteiger partial charge in [0, 0.05) is 10.6 Å². The molecule has 0 saturated heterocycles. The van der Waals surface area contributed by atoms with Crippen molar-refractivity contribution < 1.29 is 9.50 Å². The van der Waals surface area contributed by atoms with Gasteiger partial charge in [-0.2, -0.15) is 0 Å². The topological polar surface area (TPSA) is 50.9 Å². The van der Waals surface area contributed by atoms with Crippen molar-refractivity contribution in [2.75, 3.05) is 0 Å². The minimum atomic E-state index is -0.396. The average Bonchev–Trinajstić information content (AvgIpc) is 2.71. The first-order chi connectivity index (χ1) is 7.72. The summed E-state index contributed by atoms with van der Waals surface area (Å²) in [6, 6.07) is 4.47. The Kier molecular flexibility index (Phi) is 3.17. The van der Waals surface area contributed by atoms with Crippen LogP contribution in [0.2, 0.25) is 5.02 Å². The minimum Gasteiger partial charge on any atom is -0.390 e. The number of rotatable bonds is 3. The Bertz CT molecular complexity index is 480. The maximum absolute atomic E-state index is 13.5. The third-order valence-corrected chi connectivity index (χ3v) is 2.58. The molecule has 0 aliphatic carbocycles. The predicted octanol–water partition coefficient (Wildman–Crippen LogP) is 1.61. The predicted molar refractivity (Wildman–Crippen MR) is 56.5 cm³/mol. The molecule has 0 aliphatic rings. The molecule has 6 heteroatoms. The molecule has 1 aromatic heterocycles. The summed E-state index contributed by atoms with van der Waals surface area (Å²) in [7, 11) is 0. The lowest BCUT2D eigenvalue weighted by atomic mass is 10.2. The summed E-state index contributed by atoms with van der Waals surface area (Å²) in [5.41, 5.74) is 0.851. The fourth-order valence-electron chi connectivity index (χ4n) is 1.37. The van der Waals surface area contributed by atoms with E-state index in [0.717, 1.165) is 0 Å². The van der Waals surface area contributed by atoms with E-state index >= 15 is 0 Å². The molecule has 1 heterocycles. The largest absolute Gasteiger partial charge is 0.390 e. The van der Waals surface area contributed by atoms with Crippen LogP contribution in [0.4, 0.5) is 4.39 Å². The monoisotopic (exact) mass is 241 g/mol. The molecule has 4 nitrogen and oxygen atoms in total.